The summed E-state index contributed by atoms with van der Waals surface area (Å²) in [6.45, 7) is 0. The first-order valence-corrected chi connectivity index (χ1v) is 7.53. The van der Waals surface area contributed by atoms with Crippen molar-refractivity contribution in [3.8, 4) is 0 Å². The molecule has 0 saturated heterocycles. The van der Waals surface area contributed by atoms with Gasteiger partial charge < -0.3 is 5.32 Å². The predicted octanol–water partition coefficient (Wildman–Crippen LogP) is 3.35. The minimum atomic E-state index is -0.387. The smallest absolute Gasteiger partial charge is 0.240 e. The zero-order chi connectivity index (χ0) is 17.4. The Kier molecular flexibility index (Phi) is 6.45. The number of nitrogens with one attached hydrogen (secondary N) is 2. The summed E-state index contributed by atoms with van der Waals surface area (Å²) in [7, 11) is 0. The summed E-state index contributed by atoms with van der Waals surface area (Å²) in [6.07, 6.45) is 1.44. The molecule has 2 rings (SSSR count). The molecular weight excluding hydrogens is 333 g/mol. The number of rotatable bonds is 6. The maximum absolute atomic E-state index is 12.8. The molecule has 2 aromatic rings. The predicted molar refractivity (Wildman–Crippen MR) is 91.5 cm³/mol. The number of benzene rings is 2. The molecule has 2 amide bonds. The molecule has 0 aliphatic rings. The second kappa shape index (κ2) is 8.79. The molecule has 0 saturated carbocycles. The molecule has 0 atom stereocenters. The van der Waals surface area contributed by atoms with Crippen LogP contribution in [0.1, 0.15) is 18.4 Å². The Balaban J connectivity index is 1.72. The van der Waals surface area contributed by atoms with Crippen LogP contribution < -0.4 is 10.7 Å². The number of nitrogens with zero attached hydrogens (tertiary/aromatic N) is 1. The molecule has 0 unspecified atom stereocenters. The second-order valence-electron chi connectivity index (χ2n) is 4.90. The highest BCUT2D eigenvalue weighted by Gasteiger charge is 2.06. The molecule has 0 heterocycles. The lowest BCUT2D eigenvalue weighted by molar-refractivity contribution is -0.124. The van der Waals surface area contributed by atoms with Crippen LogP contribution in [0.15, 0.2) is 53.6 Å². The lowest BCUT2D eigenvalue weighted by Crippen LogP contribution is -2.20. The fourth-order valence-electron chi connectivity index (χ4n) is 1.81. The first kappa shape index (κ1) is 17.6. The normalized spacial score (nSPS) is 10.6. The molecule has 2 aromatic carbocycles. The molecule has 24 heavy (non-hydrogen) atoms. The van der Waals surface area contributed by atoms with Gasteiger partial charge in [0.15, 0.2) is 0 Å². The number of hydrogen-bond donors (Lipinski definition) is 2. The average molecular weight is 348 g/mol. The van der Waals surface area contributed by atoms with Crippen LogP contribution in [0, 0.1) is 5.82 Å². The first-order chi connectivity index (χ1) is 11.5. The third-order valence-electron chi connectivity index (χ3n) is 2.96. The molecule has 0 spiro atoms. The zero-order valence-electron chi connectivity index (χ0n) is 12.6. The van der Waals surface area contributed by atoms with Crippen molar-refractivity contribution in [3.05, 3.63) is 64.9 Å². The first-order valence-electron chi connectivity index (χ1n) is 7.16. The number of hydrogen-bond acceptors (Lipinski definition) is 3. The summed E-state index contributed by atoms with van der Waals surface area (Å²) < 4.78 is 12.8. The minimum Gasteiger partial charge on any atom is -0.326 e. The lowest BCUT2D eigenvalue weighted by atomic mass is 10.2. The van der Waals surface area contributed by atoms with Crippen LogP contribution in [0.4, 0.5) is 10.1 Å². The van der Waals surface area contributed by atoms with Crippen molar-refractivity contribution in [1.82, 2.24) is 5.43 Å². The standard InChI is InChI=1S/C17H15ClFN3O2/c18-13-3-1-2-12(10-13)11-20-22-17(24)9-8-16(23)21-15-6-4-14(19)5-7-15/h1-7,10-11H,8-9H2,(H,21,23)(H,22,24)/b20-11-. The Hall–Kier alpha value is -2.73. The van der Waals surface area contributed by atoms with Crippen molar-refractivity contribution >= 4 is 35.3 Å². The van der Waals surface area contributed by atoms with Crippen molar-refractivity contribution in [3.63, 3.8) is 0 Å². The van der Waals surface area contributed by atoms with Crippen molar-refractivity contribution < 1.29 is 14.0 Å². The average Bonchev–Trinajstić information content (AvgIpc) is 2.55. The van der Waals surface area contributed by atoms with E-state index in [0.717, 1.165) is 5.56 Å². The van der Waals surface area contributed by atoms with Crippen molar-refractivity contribution in [2.24, 2.45) is 5.10 Å². The maximum atomic E-state index is 12.8. The molecule has 0 bridgehead atoms. The number of amides is 2. The van der Waals surface area contributed by atoms with Gasteiger partial charge in [-0.05, 0) is 42.0 Å². The van der Waals surface area contributed by atoms with Crippen LogP contribution in [-0.4, -0.2) is 18.0 Å². The van der Waals surface area contributed by atoms with Crippen molar-refractivity contribution in [2.75, 3.05) is 5.32 Å². The molecule has 0 radical (unpaired) electrons. The number of hydrazone groups is 1. The topological polar surface area (TPSA) is 70.6 Å². The van der Waals surface area contributed by atoms with Gasteiger partial charge in [-0.2, -0.15) is 5.10 Å². The summed E-state index contributed by atoms with van der Waals surface area (Å²) in [4.78, 5) is 23.3. The van der Waals surface area contributed by atoms with Gasteiger partial charge in [0.05, 0.1) is 6.21 Å². The lowest BCUT2D eigenvalue weighted by Gasteiger charge is -2.04. The van der Waals surface area contributed by atoms with Crippen LogP contribution in [0.25, 0.3) is 0 Å². The summed E-state index contributed by atoms with van der Waals surface area (Å²) >= 11 is 5.83. The second-order valence-corrected chi connectivity index (χ2v) is 5.34. The largest absolute Gasteiger partial charge is 0.326 e. The highest BCUT2D eigenvalue weighted by atomic mass is 35.5. The van der Waals surface area contributed by atoms with Crippen molar-refractivity contribution in [1.29, 1.82) is 0 Å². The molecule has 124 valence electrons. The maximum Gasteiger partial charge on any atom is 0.240 e. The van der Waals surface area contributed by atoms with Gasteiger partial charge in [-0.1, -0.05) is 23.7 Å². The molecule has 0 aliphatic heterocycles. The van der Waals surface area contributed by atoms with Gasteiger partial charge in [0.25, 0.3) is 0 Å². The third kappa shape index (κ3) is 6.18. The van der Waals surface area contributed by atoms with E-state index >= 15 is 0 Å². The summed E-state index contributed by atoms with van der Waals surface area (Å²) in [5.41, 5.74) is 3.56. The van der Waals surface area contributed by atoms with E-state index in [0.29, 0.717) is 10.7 Å². The molecule has 2 N–H and O–H groups in total. The van der Waals surface area contributed by atoms with Crippen molar-refractivity contribution in [2.45, 2.75) is 12.8 Å². The number of halogens is 2. The van der Waals surface area contributed by atoms with Gasteiger partial charge in [-0.3, -0.25) is 9.59 Å². The quantitative estimate of drug-likeness (QED) is 0.621. The van der Waals surface area contributed by atoms with E-state index in [9.17, 15) is 14.0 Å². The Bertz CT molecular complexity index is 748. The van der Waals surface area contributed by atoms with E-state index in [2.05, 4.69) is 15.8 Å². The molecule has 0 aliphatic carbocycles. The van der Waals surface area contributed by atoms with E-state index in [-0.39, 0.29) is 30.5 Å². The van der Waals surface area contributed by atoms with E-state index in [4.69, 9.17) is 11.6 Å². The van der Waals surface area contributed by atoms with Gasteiger partial charge in [0, 0.05) is 23.6 Å². The fourth-order valence-corrected chi connectivity index (χ4v) is 2.00. The van der Waals surface area contributed by atoms with E-state index in [1.807, 2.05) is 0 Å². The van der Waals surface area contributed by atoms with Crippen LogP contribution in [0.5, 0.6) is 0 Å². The highest BCUT2D eigenvalue weighted by molar-refractivity contribution is 6.30. The number of carbonyl (C=O) groups excluding carboxylic acids is 2. The Labute approximate surface area is 143 Å². The summed E-state index contributed by atoms with van der Waals surface area (Å²) in [5, 5.41) is 6.94. The summed E-state index contributed by atoms with van der Waals surface area (Å²) in [6, 6.07) is 12.4. The van der Waals surface area contributed by atoms with Gasteiger partial charge in [0.1, 0.15) is 5.82 Å². The number of carbonyl (C=O) groups is 2. The Morgan fingerprint density at radius 3 is 2.50 bits per heavy atom. The zero-order valence-corrected chi connectivity index (χ0v) is 13.4. The van der Waals surface area contributed by atoms with Crippen LogP contribution >= 0.6 is 11.6 Å². The minimum absolute atomic E-state index is 0.00407. The molecule has 7 heteroatoms. The van der Waals surface area contributed by atoms with E-state index in [1.165, 1.54) is 30.5 Å². The Morgan fingerprint density at radius 1 is 1.08 bits per heavy atom. The van der Waals surface area contributed by atoms with E-state index in [1.54, 1.807) is 24.3 Å². The monoisotopic (exact) mass is 347 g/mol. The van der Waals surface area contributed by atoms with Gasteiger partial charge in [-0.25, -0.2) is 9.82 Å². The van der Waals surface area contributed by atoms with E-state index < -0.39 is 0 Å². The summed E-state index contributed by atoms with van der Waals surface area (Å²) in [5.74, 6) is -1.11. The highest BCUT2D eigenvalue weighted by Crippen LogP contribution is 2.09. The van der Waals surface area contributed by atoms with Crippen LogP contribution in [-0.2, 0) is 9.59 Å². The third-order valence-corrected chi connectivity index (χ3v) is 3.19. The van der Waals surface area contributed by atoms with Gasteiger partial charge in [-0.15, -0.1) is 0 Å². The molecule has 0 fully saturated rings. The molecular formula is C17H15ClFN3O2. The van der Waals surface area contributed by atoms with Crippen LogP contribution in [0.3, 0.4) is 0 Å². The molecule has 5 nitrogen and oxygen atoms in total. The van der Waals surface area contributed by atoms with Gasteiger partial charge >= 0.3 is 0 Å². The SMILES string of the molecule is O=C(CCC(=O)Nc1ccc(F)cc1)N/N=C\c1cccc(Cl)c1. The van der Waals surface area contributed by atoms with Gasteiger partial charge in [0.2, 0.25) is 11.8 Å². The molecule has 0 aromatic heterocycles. The number of anilines is 1. The fraction of sp³-hybridized carbons (Fsp3) is 0.118. The van der Waals surface area contributed by atoms with Crippen LogP contribution in [0.2, 0.25) is 5.02 Å². The Morgan fingerprint density at radius 2 is 1.79 bits per heavy atom.